The second-order valence-corrected chi connectivity index (χ2v) is 5.28. The van der Waals surface area contributed by atoms with Crippen molar-refractivity contribution in [1.29, 1.82) is 0 Å². The van der Waals surface area contributed by atoms with Gasteiger partial charge in [-0.25, -0.2) is 4.98 Å². The highest BCUT2D eigenvalue weighted by Gasteiger charge is 2.30. The van der Waals surface area contributed by atoms with Crippen molar-refractivity contribution in [3.63, 3.8) is 0 Å². The number of carbonyl (C=O) groups excluding carboxylic acids is 1. The molecule has 1 aliphatic rings. The number of esters is 1. The molecule has 2 aromatic heterocycles. The number of anilines is 1. The molecule has 1 aliphatic carbocycles. The highest BCUT2D eigenvalue weighted by Crippen LogP contribution is 2.28. The SMILES string of the molecule is COC(=O)[C@H]1CC[C@@H](Nc2cc(=O)n3ccccc3n2)C1. The lowest BCUT2D eigenvalue weighted by Crippen LogP contribution is -2.22. The second-order valence-electron chi connectivity index (χ2n) is 5.28. The highest BCUT2D eigenvalue weighted by molar-refractivity contribution is 5.72. The van der Waals surface area contributed by atoms with Gasteiger partial charge in [0.15, 0.2) is 0 Å². The molecule has 0 saturated heterocycles. The first-order valence-electron chi connectivity index (χ1n) is 7.00. The zero-order valence-corrected chi connectivity index (χ0v) is 11.8. The number of carbonyl (C=O) groups is 1. The third kappa shape index (κ3) is 2.74. The Labute approximate surface area is 121 Å². The van der Waals surface area contributed by atoms with Gasteiger partial charge in [0, 0.05) is 18.3 Å². The van der Waals surface area contributed by atoms with Gasteiger partial charge in [0.2, 0.25) is 0 Å². The van der Waals surface area contributed by atoms with Crippen molar-refractivity contribution in [2.24, 2.45) is 5.92 Å². The van der Waals surface area contributed by atoms with Crippen LogP contribution in [0.25, 0.3) is 5.65 Å². The van der Waals surface area contributed by atoms with Crippen molar-refractivity contribution in [3.05, 3.63) is 40.8 Å². The van der Waals surface area contributed by atoms with Crippen LogP contribution >= 0.6 is 0 Å². The molecule has 110 valence electrons. The summed E-state index contributed by atoms with van der Waals surface area (Å²) in [4.78, 5) is 27.9. The van der Waals surface area contributed by atoms with E-state index in [4.69, 9.17) is 4.74 Å². The molecule has 2 atom stereocenters. The van der Waals surface area contributed by atoms with Gasteiger partial charge in [0.05, 0.1) is 13.0 Å². The Kier molecular flexibility index (Phi) is 3.60. The van der Waals surface area contributed by atoms with E-state index >= 15 is 0 Å². The van der Waals surface area contributed by atoms with E-state index < -0.39 is 0 Å². The number of nitrogens with one attached hydrogen (secondary N) is 1. The summed E-state index contributed by atoms with van der Waals surface area (Å²) < 4.78 is 6.27. The van der Waals surface area contributed by atoms with E-state index in [9.17, 15) is 9.59 Å². The molecular weight excluding hydrogens is 270 g/mol. The molecule has 6 nitrogen and oxygen atoms in total. The van der Waals surface area contributed by atoms with Crippen molar-refractivity contribution in [2.75, 3.05) is 12.4 Å². The molecule has 2 aromatic rings. The summed E-state index contributed by atoms with van der Waals surface area (Å²) in [7, 11) is 1.41. The summed E-state index contributed by atoms with van der Waals surface area (Å²) in [5, 5.41) is 3.25. The first kappa shape index (κ1) is 13.6. The Morgan fingerprint density at radius 2 is 2.29 bits per heavy atom. The lowest BCUT2D eigenvalue weighted by atomic mass is 10.1. The van der Waals surface area contributed by atoms with Crippen LogP contribution in [0.1, 0.15) is 19.3 Å². The fourth-order valence-corrected chi connectivity index (χ4v) is 2.83. The summed E-state index contributed by atoms with van der Waals surface area (Å²) in [6.07, 6.45) is 4.08. The molecule has 0 aliphatic heterocycles. The number of pyridine rings is 1. The van der Waals surface area contributed by atoms with Crippen molar-refractivity contribution in [2.45, 2.75) is 25.3 Å². The minimum absolute atomic E-state index is 0.0611. The van der Waals surface area contributed by atoms with Crippen molar-refractivity contribution in [1.82, 2.24) is 9.38 Å². The third-order valence-electron chi connectivity index (χ3n) is 3.89. The van der Waals surface area contributed by atoms with E-state index in [-0.39, 0.29) is 23.5 Å². The molecule has 2 heterocycles. The molecule has 6 heteroatoms. The van der Waals surface area contributed by atoms with Crippen LogP contribution in [0, 0.1) is 5.92 Å². The number of ether oxygens (including phenoxy) is 1. The predicted molar refractivity (Wildman–Crippen MR) is 78.2 cm³/mol. The summed E-state index contributed by atoms with van der Waals surface area (Å²) in [5.41, 5.74) is 0.487. The summed E-state index contributed by atoms with van der Waals surface area (Å²) in [6.45, 7) is 0. The number of methoxy groups -OCH3 is 1. The van der Waals surface area contributed by atoms with E-state index in [1.165, 1.54) is 17.6 Å². The minimum Gasteiger partial charge on any atom is -0.469 e. The molecule has 3 rings (SSSR count). The summed E-state index contributed by atoms with van der Waals surface area (Å²) in [5.74, 6) is 0.335. The van der Waals surface area contributed by atoms with Crippen LogP contribution in [-0.2, 0) is 9.53 Å². The largest absolute Gasteiger partial charge is 0.469 e. The van der Waals surface area contributed by atoms with Crippen molar-refractivity contribution >= 4 is 17.4 Å². The monoisotopic (exact) mass is 287 g/mol. The van der Waals surface area contributed by atoms with Crippen LogP contribution in [0.4, 0.5) is 5.82 Å². The number of hydrogen-bond acceptors (Lipinski definition) is 5. The maximum absolute atomic E-state index is 12.0. The average molecular weight is 287 g/mol. The lowest BCUT2D eigenvalue weighted by Gasteiger charge is -2.13. The Balaban J connectivity index is 1.77. The number of hydrogen-bond donors (Lipinski definition) is 1. The Morgan fingerprint density at radius 1 is 1.43 bits per heavy atom. The topological polar surface area (TPSA) is 72.7 Å². The average Bonchev–Trinajstić information content (AvgIpc) is 2.95. The molecule has 0 radical (unpaired) electrons. The normalized spacial score (nSPS) is 21.4. The van der Waals surface area contributed by atoms with Gasteiger partial charge in [-0.3, -0.25) is 14.0 Å². The molecule has 1 fully saturated rings. The molecule has 0 unspecified atom stereocenters. The minimum atomic E-state index is -0.161. The van der Waals surface area contributed by atoms with Gasteiger partial charge in [0.1, 0.15) is 11.5 Å². The maximum Gasteiger partial charge on any atom is 0.308 e. The van der Waals surface area contributed by atoms with Crippen LogP contribution < -0.4 is 10.9 Å². The number of aromatic nitrogens is 2. The van der Waals surface area contributed by atoms with Gasteiger partial charge < -0.3 is 10.1 Å². The van der Waals surface area contributed by atoms with Gasteiger partial charge in [-0.05, 0) is 31.4 Å². The molecule has 0 aromatic carbocycles. The lowest BCUT2D eigenvalue weighted by molar-refractivity contribution is -0.145. The molecule has 1 N–H and O–H groups in total. The van der Waals surface area contributed by atoms with Gasteiger partial charge in [0.25, 0.3) is 5.56 Å². The summed E-state index contributed by atoms with van der Waals surface area (Å²) >= 11 is 0. The predicted octanol–water partition coefficient (Wildman–Crippen LogP) is 1.45. The second kappa shape index (κ2) is 5.55. The molecule has 21 heavy (non-hydrogen) atoms. The Morgan fingerprint density at radius 3 is 3.10 bits per heavy atom. The van der Waals surface area contributed by atoms with Crippen LogP contribution in [0.5, 0.6) is 0 Å². The van der Waals surface area contributed by atoms with E-state index in [2.05, 4.69) is 10.3 Å². The van der Waals surface area contributed by atoms with Crippen molar-refractivity contribution in [3.8, 4) is 0 Å². The molecule has 0 bridgehead atoms. The molecule has 1 saturated carbocycles. The fraction of sp³-hybridized carbons (Fsp3) is 0.400. The van der Waals surface area contributed by atoms with E-state index in [0.29, 0.717) is 17.9 Å². The van der Waals surface area contributed by atoms with Gasteiger partial charge in [-0.15, -0.1) is 0 Å². The Hall–Kier alpha value is -2.37. The molecular formula is C15H17N3O3. The third-order valence-corrected chi connectivity index (χ3v) is 3.89. The zero-order valence-electron chi connectivity index (χ0n) is 11.8. The van der Waals surface area contributed by atoms with Crippen LogP contribution in [-0.4, -0.2) is 28.5 Å². The number of rotatable bonds is 3. The maximum atomic E-state index is 12.0. The first-order valence-corrected chi connectivity index (χ1v) is 7.00. The molecule has 0 amide bonds. The van der Waals surface area contributed by atoms with Gasteiger partial charge >= 0.3 is 5.97 Å². The van der Waals surface area contributed by atoms with Crippen molar-refractivity contribution < 1.29 is 9.53 Å². The van der Waals surface area contributed by atoms with E-state index in [1.54, 1.807) is 18.3 Å². The number of fused-ring (bicyclic) bond motifs is 1. The summed E-state index contributed by atoms with van der Waals surface area (Å²) in [6, 6.07) is 7.05. The molecule has 0 spiro atoms. The Bertz CT molecular complexity index is 725. The van der Waals surface area contributed by atoms with Gasteiger partial charge in [-0.1, -0.05) is 6.07 Å². The zero-order chi connectivity index (χ0) is 14.8. The quantitative estimate of drug-likeness (QED) is 0.865. The van der Waals surface area contributed by atoms with Gasteiger partial charge in [-0.2, -0.15) is 0 Å². The first-order chi connectivity index (χ1) is 10.2. The van der Waals surface area contributed by atoms with Crippen LogP contribution in [0.15, 0.2) is 35.3 Å². The van der Waals surface area contributed by atoms with Crippen LogP contribution in [0.2, 0.25) is 0 Å². The smallest absolute Gasteiger partial charge is 0.308 e. The van der Waals surface area contributed by atoms with E-state index in [0.717, 1.165) is 12.8 Å². The fourth-order valence-electron chi connectivity index (χ4n) is 2.83. The highest BCUT2D eigenvalue weighted by atomic mass is 16.5. The number of nitrogens with zero attached hydrogens (tertiary/aromatic N) is 2. The standard InChI is InChI=1S/C15H17N3O3/c1-21-15(20)10-5-6-11(8-10)16-12-9-14(19)18-7-3-2-4-13(18)17-12/h2-4,7,9-11,16H,5-6,8H2,1H3/t10-,11+/m0/s1. The van der Waals surface area contributed by atoms with Crippen LogP contribution in [0.3, 0.4) is 0 Å². The van der Waals surface area contributed by atoms with E-state index in [1.807, 2.05) is 6.07 Å².